The maximum absolute atomic E-state index is 6.42. The molecule has 4 aliphatic heterocycles. The molecule has 2 fully saturated rings. The van der Waals surface area contributed by atoms with Crippen molar-refractivity contribution in [3.63, 3.8) is 0 Å². The lowest BCUT2D eigenvalue weighted by Gasteiger charge is -2.33. The van der Waals surface area contributed by atoms with Gasteiger partial charge in [-0.05, 0) is 31.1 Å². The second-order valence-corrected chi connectivity index (χ2v) is 10.2. The minimum absolute atomic E-state index is 0.369. The molecule has 6 nitrogen and oxygen atoms in total. The molecule has 0 aliphatic carbocycles. The lowest BCUT2D eigenvalue weighted by Crippen LogP contribution is -2.36. The van der Waals surface area contributed by atoms with E-state index in [2.05, 4.69) is 12.2 Å². The van der Waals surface area contributed by atoms with E-state index in [1.54, 1.807) is 0 Å². The van der Waals surface area contributed by atoms with Crippen molar-refractivity contribution in [2.75, 3.05) is 13.2 Å². The molecule has 4 aliphatic rings. The molecule has 0 bridgehead atoms. The quantitative estimate of drug-likeness (QED) is 0.382. The molecule has 0 radical (unpaired) electrons. The van der Waals surface area contributed by atoms with Gasteiger partial charge in [0.15, 0.2) is 12.6 Å². The topological polar surface area (TPSA) is 55.4 Å². The summed E-state index contributed by atoms with van der Waals surface area (Å²) in [5, 5.41) is 0. The summed E-state index contributed by atoms with van der Waals surface area (Å²) in [6.45, 7) is 0.738. The fourth-order valence-electron chi connectivity index (χ4n) is 5.47. The Balaban J connectivity index is 1.04. The summed E-state index contributed by atoms with van der Waals surface area (Å²) < 4.78 is 37.8. The minimum Gasteiger partial charge on any atom is -0.459 e. The van der Waals surface area contributed by atoms with Gasteiger partial charge in [0.2, 0.25) is 11.6 Å². The average molecular weight is 511 g/mol. The molecule has 2 spiro atoms. The SMILES string of the molecule is C1=C(c2ccccc2)OC2(CC1)COC(c1cccc(C3OCC4(CCC=C(c5ccccc5)O4)O3)c1)O2. The molecule has 6 heteroatoms. The molecular formula is C32H30O6. The molecule has 3 aromatic carbocycles. The van der Waals surface area contributed by atoms with Crippen LogP contribution in [0.2, 0.25) is 0 Å². The van der Waals surface area contributed by atoms with Crippen molar-refractivity contribution in [3.05, 3.63) is 119 Å². The van der Waals surface area contributed by atoms with Gasteiger partial charge in [0.05, 0.1) is 0 Å². The van der Waals surface area contributed by atoms with Crippen LogP contribution in [-0.4, -0.2) is 24.8 Å². The van der Waals surface area contributed by atoms with Gasteiger partial charge < -0.3 is 28.4 Å². The zero-order chi connectivity index (χ0) is 25.4. The molecule has 0 saturated carbocycles. The van der Waals surface area contributed by atoms with Gasteiger partial charge in [-0.2, -0.15) is 0 Å². The third-order valence-electron chi connectivity index (χ3n) is 7.43. The van der Waals surface area contributed by atoms with Gasteiger partial charge in [0.1, 0.15) is 24.7 Å². The molecule has 7 rings (SSSR count). The molecule has 4 heterocycles. The van der Waals surface area contributed by atoms with Crippen LogP contribution in [0.3, 0.4) is 0 Å². The van der Waals surface area contributed by atoms with Crippen LogP contribution in [0.15, 0.2) is 97.1 Å². The zero-order valence-electron chi connectivity index (χ0n) is 21.1. The van der Waals surface area contributed by atoms with Crippen molar-refractivity contribution in [1.29, 1.82) is 0 Å². The average Bonchev–Trinajstić information content (AvgIpc) is 3.58. The predicted molar refractivity (Wildman–Crippen MR) is 141 cm³/mol. The van der Waals surface area contributed by atoms with Gasteiger partial charge in [-0.25, -0.2) is 0 Å². The number of hydrogen-bond donors (Lipinski definition) is 0. The molecule has 2 saturated heterocycles. The fourth-order valence-corrected chi connectivity index (χ4v) is 5.47. The molecule has 38 heavy (non-hydrogen) atoms. The van der Waals surface area contributed by atoms with Gasteiger partial charge in [0, 0.05) is 35.1 Å². The Morgan fingerprint density at radius 3 is 1.50 bits per heavy atom. The highest BCUT2D eigenvalue weighted by Gasteiger charge is 2.47. The lowest BCUT2D eigenvalue weighted by molar-refractivity contribution is -0.199. The Morgan fingerprint density at radius 1 is 0.553 bits per heavy atom. The maximum Gasteiger partial charge on any atom is 0.237 e. The minimum atomic E-state index is -0.791. The van der Waals surface area contributed by atoms with Gasteiger partial charge >= 0.3 is 0 Å². The summed E-state index contributed by atoms with van der Waals surface area (Å²) >= 11 is 0. The molecule has 4 unspecified atom stereocenters. The van der Waals surface area contributed by atoms with Crippen LogP contribution in [0.5, 0.6) is 0 Å². The normalized spacial score (nSPS) is 30.5. The Labute approximate surface area is 222 Å². The molecule has 0 N–H and O–H groups in total. The molecule has 0 amide bonds. The summed E-state index contributed by atoms with van der Waals surface area (Å²) in [4.78, 5) is 0. The van der Waals surface area contributed by atoms with E-state index in [9.17, 15) is 0 Å². The molecule has 0 aromatic heterocycles. The van der Waals surface area contributed by atoms with Gasteiger partial charge in [-0.3, -0.25) is 0 Å². The standard InChI is InChI=1S/C32H30O6/c1-3-10-23(11-4-1)27-16-8-18-31(35-27)21-33-29(37-31)25-14-7-15-26(20-25)30-34-22-32(38-30)19-9-17-28(36-32)24-12-5-2-6-13-24/h1-7,10-17,20,29-30H,8-9,18-19,21-22H2. The van der Waals surface area contributed by atoms with E-state index < -0.39 is 24.2 Å². The highest BCUT2D eigenvalue weighted by molar-refractivity contribution is 5.61. The first-order valence-corrected chi connectivity index (χ1v) is 13.3. The second kappa shape index (κ2) is 9.71. The van der Waals surface area contributed by atoms with Crippen LogP contribution >= 0.6 is 0 Å². The first kappa shape index (κ1) is 23.7. The van der Waals surface area contributed by atoms with Crippen LogP contribution in [-0.2, 0) is 28.4 Å². The van der Waals surface area contributed by atoms with Crippen molar-refractivity contribution < 1.29 is 28.4 Å². The smallest absolute Gasteiger partial charge is 0.237 e. The first-order chi connectivity index (χ1) is 18.7. The van der Waals surface area contributed by atoms with Crippen LogP contribution in [0.4, 0.5) is 0 Å². The van der Waals surface area contributed by atoms with Crippen LogP contribution < -0.4 is 0 Å². The molecule has 3 aromatic rings. The van der Waals surface area contributed by atoms with E-state index in [0.29, 0.717) is 13.2 Å². The summed E-state index contributed by atoms with van der Waals surface area (Å²) in [6.07, 6.45) is 6.40. The van der Waals surface area contributed by atoms with E-state index in [0.717, 1.165) is 59.5 Å². The van der Waals surface area contributed by atoms with Crippen molar-refractivity contribution in [2.24, 2.45) is 0 Å². The number of allylic oxidation sites excluding steroid dienone is 2. The van der Waals surface area contributed by atoms with E-state index in [1.165, 1.54) is 0 Å². The van der Waals surface area contributed by atoms with E-state index in [1.807, 2.05) is 84.9 Å². The molecule has 194 valence electrons. The van der Waals surface area contributed by atoms with Gasteiger partial charge in [-0.15, -0.1) is 0 Å². The highest BCUT2D eigenvalue weighted by Crippen LogP contribution is 2.45. The van der Waals surface area contributed by atoms with Crippen LogP contribution in [0.1, 0.15) is 60.5 Å². The highest BCUT2D eigenvalue weighted by atomic mass is 16.8. The number of rotatable bonds is 4. The summed E-state index contributed by atoms with van der Waals surface area (Å²) in [5.74, 6) is 0.0935. The third-order valence-corrected chi connectivity index (χ3v) is 7.43. The number of ether oxygens (including phenoxy) is 6. The van der Waals surface area contributed by atoms with Crippen molar-refractivity contribution in [3.8, 4) is 0 Å². The van der Waals surface area contributed by atoms with Gasteiger partial charge in [0.25, 0.3) is 0 Å². The number of hydrogen-bond acceptors (Lipinski definition) is 6. The Morgan fingerprint density at radius 2 is 1.03 bits per heavy atom. The van der Waals surface area contributed by atoms with Crippen molar-refractivity contribution >= 4 is 11.5 Å². The lowest BCUT2D eigenvalue weighted by atomic mass is 10.0. The first-order valence-electron chi connectivity index (χ1n) is 13.3. The Kier molecular flexibility index (Phi) is 6.05. The van der Waals surface area contributed by atoms with E-state index in [4.69, 9.17) is 28.4 Å². The summed E-state index contributed by atoms with van der Waals surface area (Å²) in [7, 11) is 0. The second-order valence-electron chi connectivity index (χ2n) is 10.2. The van der Waals surface area contributed by atoms with Crippen molar-refractivity contribution in [2.45, 2.75) is 49.8 Å². The predicted octanol–water partition coefficient (Wildman–Crippen LogP) is 6.87. The maximum atomic E-state index is 6.42. The summed E-state index contributed by atoms with van der Waals surface area (Å²) in [6, 6.07) is 28.2. The Bertz CT molecular complexity index is 1250. The van der Waals surface area contributed by atoms with E-state index in [-0.39, 0.29) is 0 Å². The number of benzene rings is 3. The fraction of sp³-hybridized carbons (Fsp3) is 0.312. The van der Waals surface area contributed by atoms with Gasteiger partial charge in [-0.1, -0.05) is 78.9 Å². The van der Waals surface area contributed by atoms with E-state index >= 15 is 0 Å². The molecule has 4 atom stereocenters. The molecular weight excluding hydrogens is 480 g/mol. The van der Waals surface area contributed by atoms with Crippen LogP contribution in [0.25, 0.3) is 11.5 Å². The zero-order valence-corrected chi connectivity index (χ0v) is 21.1. The summed E-state index contributed by atoms with van der Waals surface area (Å²) in [5.41, 5.74) is 3.89. The largest absolute Gasteiger partial charge is 0.459 e. The van der Waals surface area contributed by atoms with Crippen LogP contribution in [0, 0.1) is 0 Å². The van der Waals surface area contributed by atoms with Crippen molar-refractivity contribution in [1.82, 2.24) is 0 Å². The Hall–Kier alpha value is -3.42. The third kappa shape index (κ3) is 4.54. The monoisotopic (exact) mass is 510 g/mol.